The van der Waals surface area contributed by atoms with Crippen molar-refractivity contribution in [2.24, 2.45) is 0 Å². The minimum Gasteiger partial charge on any atom is -0.481 e. The van der Waals surface area contributed by atoms with Crippen LogP contribution in [0.15, 0.2) is 0 Å². The minimum absolute atomic E-state index is 0.114. The number of carbonyl (C=O) groups is 3. The topological polar surface area (TPSA) is 86.7 Å². The Morgan fingerprint density at radius 1 is 1.53 bits per heavy atom. The molecule has 6 heteroatoms. The number of imide groups is 1. The van der Waals surface area contributed by atoms with E-state index in [2.05, 4.69) is 5.32 Å². The molecule has 2 N–H and O–H groups in total. The highest BCUT2D eigenvalue weighted by Gasteiger charge is 2.36. The average molecular weight is 214 g/mol. The van der Waals surface area contributed by atoms with Crippen LogP contribution in [-0.4, -0.2) is 40.5 Å². The second-order valence-corrected chi connectivity index (χ2v) is 3.42. The first-order valence-electron chi connectivity index (χ1n) is 4.90. The number of amides is 3. The van der Waals surface area contributed by atoms with Gasteiger partial charge in [0, 0.05) is 13.0 Å². The van der Waals surface area contributed by atoms with E-state index >= 15 is 0 Å². The molecule has 15 heavy (non-hydrogen) atoms. The van der Waals surface area contributed by atoms with Crippen molar-refractivity contribution in [1.82, 2.24) is 10.2 Å². The number of carboxylic acids is 1. The lowest BCUT2D eigenvalue weighted by Crippen LogP contribution is -2.32. The van der Waals surface area contributed by atoms with Crippen LogP contribution in [0.25, 0.3) is 0 Å². The molecule has 0 aromatic carbocycles. The van der Waals surface area contributed by atoms with E-state index in [9.17, 15) is 14.4 Å². The molecule has 0 radical (unpaired) electrons. The first kappa shape index (κ1) is 11.5. The predicted octanol–water partition coefficient (Wildman–Crippen LogP) is 0.182. The van der Waals surface area contributed by atoms with E-state index in [0.29, 0.717) is 13.0 Å². The van der Waals surface area contributed by atoms with Crippen LogP contribution in [-0.2, 0) is 9.59 Å². The van der Waals surface area contributed by atoms with Gasteiger partial charge in [0.25, 0.3) is 5.91 Å². The van der Waals surface area contributed by atoms with Gasteiger partial charge in [-0.15, -0.1) is 0 Å². The molecule has 1 heterocycles. The van der Waals surface area contributed by atoms with Crippen molar-refractivity contribution in [3.63, 3.8) is 0 Å². The molecule has 0 saturated carbocycles. The molecule has 1 aliphatic heterocycles. The molecular formula is C9H14N2O4. The molecule has 0 spiro atoms. The van der Waals surface area contributed by atoms with Crippen LogP contribution < -0.4 is 5.32 Å². The van der Waals surface area contributed by atoms with E-state index in [4.69, 9.17) is 5.11 Å². The summed E-state index contributed by atoms with van der Waals surface area (Å²) in [6.07, 6.45) is 0.738. The molecular weight excluding hydrogens is 200 g/mol. The van der Waals surface area contributed by atoms with Crippen molar-refractivity contribution in [2.75, 3.05) is 6.54 Å². The lowest BCUT2D eigenvalue weighted by atomic mass is 10.1. The average Bonchev–Trinajstić information content (AvgIpc) is 2.43. The Labute approximate surface area is 87.2 Å². The number of carbonyl (C=O) groups excluding carboxylic acids is 2. The van der Waals surface area contributed by atoms with Crippen LogP contribution in [0.5, 0.6) is 0 Å². The number of aliphatic carboxylic acids is 1. The van der Waals surface area contributed by atoms with Gasteiger partial charge >= 0.3 is 12.0 Å². The number of nitrogens with zero attached hydrogens (tertiary/aromatic N) is 1. The van der Waals surface area contributed by atoms with Crippen LogP contribution >= 0.6 is 0 Å². The number of urea groups is 1. The van der Waals surface area contributed by atoms with E-state index in [1.165, 1.54) is 0 Å². The molecule has 84 valence electrons. The van der Waals surface area contributed by atoms with Gasteiger partial charge in [-0.25, -0.2) is 4.79 Å². The summed E-state index contributed by atoms with van der Waals surface area (Å²) in [4.78, 5) is 34.3. The minimum atomic E-state index is -0.967. The van der Waals surface area contributed by atoms with Crippen molar-refractivity contribution in [3.8, 4) is 0 Å². The van der Waals surface area contributed by atoms with E-state index in [0.717, 1.165) is 4.90 Å². The monoisotopic (exact) mass is 214 g/mol. The van der Waals surface area contributed by atoms with Gasteiger partial charge in [-0.2, -0.15) is 0 Å². The lowest BCUT2D eigenvalue weighted by molar-refractivity contribution is -0.137. The zero-order chi connectivity index (χ0) is 11.4. The van der Waals surface area contributed by atoms with Gasteiger partial charge in [0.1, 0.15) is 6.04 Å². The van der Waals surface area contributed by atoms with Gasteiger partial charge < -0.3 is 10.4 Å². The van der Waals surface area contributed by atoms with E-state index < -0.39 is 18.0 Å². The van der Waals surface area contributed by atoms with Gasteiger partial charge in [0.05, 0.1) is 0 Å². The van der Waals surface area contributed by atoms with Crippen LogP contribution in [0, 0.1) is 0 Å². The Morgan fingerprint density at radius 3 is 2.73 bits per heavy atom. The molecule has 3 amide bonds. The molecule has 1 rings (SSSR count). The SMILES string of the molecule is CCCN1C(=O)N[C@H](CCC(=O)O)C1=O. The molecule has 0 bridgehead atoms. The van der Waals surface area contributed by atoms with Gasteiger partial charge in [0.15, 0.2) is 0 Å². The zero-order valence-electron chi connectivity index (χ0n) is 8.52. The molecule has 1 aliphatic rings. The molecule has 1 fully saturated rings. The summed E-state index contributed by atoms with van der Waals surface area (Å²) in [6.45, 7) is 2.25. The molecule has 6 nitrogen and oxygen atoms in total. The molecule has 1 saturated heterocycles. The lowest BCUT2D eigenvalue weighted by Gasteiger charge is -2.10. The Balaban J connectivity index is 2.53. The van der Waals surface area contributed by atoms with Gasteiger partial charge in [0.2, 0.25) is 0 Å². The van der Waals surface area contributed by atoms with E-state index in [1.807, 2.05) is 6.92 Å². The van der Waals surface area contributed by atoms with Gasteiger partial charge in [-0.05, 0) is 12.8 Å². The van der Waals surface area contributed by atoms with Crippen molar-refractivity contribution in [1.29, 1.82) is 0 Å². The summed E-state index contributed by atoms with van der Waals surface area (Å²) < 4.78 is 0. The largest absolute Gasteiger partial charge is 0.481 e. The molecule has 0 aromatic heterocycles. The second-order valence-electron chi connectivity index (χ2n) is 3.42. The van der Waals surface area contributed by atoms with Gasteiger partial charge in [-0.3, -0.25) is 14.5 Å². The maximum atomic E-state index is 11.6. The summed E-state index contributed by atoms with van der Waals surface area (Å²) in [6, 6.07) is -1.09. The summed E-state index contributed by atoms with van der Waals surface area (Å²) in [5.41, 5.74) is 0. The Hall–Kier alpha value is -1.59. The predicted molar refractivity (Wildman–Crippen MR) is 51.2 cm³/mol. The molecule has 0 unspecified atom stereocenters. The number of hydrogen-bond acceptors (Lipinski definition) is 3. The fourth-order valence-electron chi connectivity index (χ4n) is 1.48. The Morgan fingerprint density at radius 2 is 2.20 bits per heavy atom. The maximum Gasteiger partial charge on any atom is 0.324 e. The summed E-state index contributed by atoms with van der Waals surface area (Å²) in [5, 5.41) is 10.9. The van der Waals surface area contributed by atoms with Crippen molar-refractivity contribution in [3.05, 3.63) is 0 Å². The van der Waals surface area contributed by atoms with Crippen LogP contribution in [0.4, 0.5) is 4.79 Å². The third-order valence-corrected chi connectivity index (χ3v) is 2.20. The van der Waals surface area contributed by atoms with Crippen LogP contribution in [0.2, 0.25) is 0 Å². The quantitative estimate of drug-likeness (QED) is 0.639. The Kier molecular flexibility index (Phi) is 3.65. The van der Waals surface area contributed by atoms with Gasteiger partial charge in [-0.1, -0.05) is 6.92 Å². The summed E-state index contributed by atoms with van der Waals surface area (Å²) >= 11 is 0. The number of carboxylic acid groups (broad SMARTS) is 1. The van der Waals surface area contributed by atoms with Crippen molar-refractivity contribution < 1.29 is 19.5 Å². The first-order chi connectivity index (χ1) is 7.06. The number of rotatable bonds is 5. The zero-order valence-corrected chi connectivity index (χ0v) is 8.52. The smallest absolute Gasteiger partial charge is 0.324 e. The van der Waals surface area contributed by atoms with E-state index in [-0.39, 0.29) is 18.7 Å². The second kappa shape index (κ2) is 4.77. The Bertz CT molecular complexity index is 290. The van der Waals surface area contributed by atoms with Crippen LogP contribution in [0.1, 0.15) is 26.2 Å². The van der Waals surface area contributed by atoms with Crippen LogP contribution in [0.3, 0.4) is 0 Å². The van der Waals surface area contributed by atoms with Crippen molar-refractivity contribution >= 4 is 17.9 Å². The highest BCUT2D eigenvalue weighted by atomic mass is 16.4. The molecule has 0 aromatic rings. The van der Waals surface area contributed by atoms with Crippen molar-refractivity contribution in [2.45, 2.75) is 32.2 Å². The summed E-state index contributed by atoms with van der Waals surface area (Å²) in [7, 11) is 0. The number of nitrogens with one attached hydrogen (secondary N) is 1. The fourth-order valence-corrected chi connectivity index (χ4v) is 1.48. The highest BCUT2D eigenvalue weighted by molar-refractivity contribution is 6.04. The highest BCUT2D eigenvalue weighted by Crippen LogP contribution is 2.11. The third-order valence-electron chi connectivity index (χ3n) is 2.20. The van der Waals surface area contributed by atoms with E-state index in [1.54, 1.807) is 0 Å². The first-order valence-corrected chi connectivity index (χ1v) is 4.90. The normalized spacial score (nSPS) is 20.6. The molecule has 1 atom stereocenters. The fraction of sp³-hybridized carbons (Fsp3) is 0.667. The standard InChI is InChI=1S/C9H14N2O4/c1-2-5-11-8(14)6(10-9(11)15)3-4-7(12)13/h6H,2-5H2,1H3,(H,10,15)(H,12,13)/t6-/m1/s1. The summed E-state index contributed by atoms with van der Waals surface area (Å²) in [5.74, 6) is -1.28. The third kappa shape index (κ3) is 2.68. The molecule has 0 aliphatic carbocycles. The maximum absolute atomic E-state index is 11.6. The number of hydrogen-bond donors (Lipinski definition) is 2.